The summed E-state index contributed by atoms with van der Waals surface area (Å²) in [6, 6.07) is 3.77. The van der Waals surface area contributed by atoms with E-state index in [0.29, 0.717) is 13.1 Å². The summed E-state index contributed by atoms with van der Waals surface area (Å²) in [4.78, 5) is 17.5. The van der Waals surface area contributed by atoms with E-state index < -0.39 is 0 Å². The van der Waals surface area contributed by atoms with E-state index in [1.165, 1.54) is 0 Å². The van der Waals surface area contributed by atoms with Crippen molar-refractivity contribution in [3.05, 3.63) is 18.3 Å². The third-order valence-electron chi connectivity index (χ3n) is 2.41. The monoisotopic (exact) mass is 206 g/mol. The summed E-state index contributed by atoms with van der Waals surface area (Å²) in [5, 5.41) is 5.97. The van der Waals surface area contributed by atoms with Crippen LogP contribution in [0.5, 0.6) is 0 Å². The number of hydrogen-bond donors (Lipinski definition) is 2. The minimum absolute atomic E-state index is 0.0975. The van der Waals surface area contributed by atoms with Gasteiger partial charge in [0.05, 0.1) is 18.4 Å². The highest BCUT2D eigenvalue weighted by molar-refractivity contribution is 5.95. The molecule has 0 radical (unpaired) electrons. The quantitative estimate of drug-likeness (QED) is 0.718. The van der Waals surface area contributed by atoms with Gasteiger partial charge in [0.25, 0.3) is 0 Å². The molecule has 5 heteroatoms. The summed E-state index contributed by atoms with van der Waals surface area (Å²) >= 11 is 0. The zero-order chi connectivity index (χ0) is 10.7. The van der Waals surface area contributed by atoms with E-state index >= 15 is 0 Å². The Bertz CT molecular complexity index is 349. The van der Waals surface area contributed by atoms with Gasteiger partial charge in [-0.3, -0.25) is 4.79 Å². The lowest BCUT2D eigenvalue weighted by Gasteiger charge is -2.27. The summed E-state index contributed by atoms with van der Waals surface area (Å²) < 4.78 is 0. The van der Waals surface area contributed by atoms with Crippen molar-refractivity contribution < 1.29 is 4.79 Å². The summed E-state index contributed by atoms with van der Waals surface area (Å²) in [7, 11) is 1.82. The fourth-order valence-electron chi connectivity index (χ4n) is 1.57. The Kier molecular flexibility index (Phi) is 2.82. The standard InChI is InChI=1S/C10H14N4O/c1-11-9-3-2-8(6-13-9)14-5-4-12-7-10(14)15/h2-3,6,12H,4-5,7H2,1H3,(H,11,13). The van der Waals surface area contributed by atoms with Crippen molar-refractivity contribution >= 4 is 17.4 Å². The molecule has 0 saturated carbocycles. The molecule has 1 fully saturated rings. The van der Waals surface area contributed by atoms with Crippen molar-refractivity contribution in [2.75, 3.05) is 36.9 Å². The SMILES string of the molecule is CNc1ccc(N2CCNCC2=O)cn1. The first-order valence-electron chi connectivity index (χ1n) is 4.96. The van der Waals surface area contributed by atoms with Gasteiger partial charge in [0, 0.05) is 20.1 Å². The van der Waals surface area contributed by atoms with Crippen molar-refractivity contribution in [2.24, 2.45) is 0 Å². The van der Waals surface area contributed by atoms with Gasteiger partial charge in [-0.25, -0.2) is 4.98 Å². The van der Waals surface area contributed by atoms with E-state index in [4.69, 9.17) is 0 Å². The van der Waals surface area contributed by atoms with Crippen molar-refractivity contribution in [3.8, 4) is 0 Å². The molecule has 1 aromatic heterocycles. The Hall–Kier alpha value is -1.62. The van der Waals surface area contributed by atoms with Crippen LogP contribution in [0.25, 0.3) is 0 Å². The smallest absolute Gasteiger partial charge is 0.241 e. The first-order valence-corrected chi connectivity index (χ1v) is 4.96. The summed E-state index contributed by atoms with van der Waals surface area (Å²) in [5.41, 5.74) is 0.862. The predicted molar refractivity (Wildman–Crippen MR) is 59.0 cm³/mol. The van der Waals surface area contributed by atoms with Gasteiger partial charge in [-0.2, -0.15) is 0 Å². The van der Waals surface area contributed by atoms with Crippen LogP contribution in [0, 0.1) is 0 Å². The van der Waals surface area contributed by atoms with Gasteiger partial charge >= 0.3 is 0 Å². The third kappa shape index (κ3) is 2.07. The highest BCUT2D eigenvalue weighted by Crippen LogP contribution is 2.15. The van der Waals surface area contributed by atoms with E-state index in [0.717, 1.165) is 18.1 Å². The largest absolute Gasteiger partial charge is 0.373 e. The number of aromatic nitrogens is 1. The zero-order valence-corrected chi connectivity index (χ0v) is 8.66. The molecule has 0 spiro atoms. The molecule has 2 N–H and O–H groups in total. The van der Waals surface area contributed by atoms with Crippen LogP contribution in [-0.4, -0.2) is 37.6 Å². The molecule has 1 saturated heterocycles. The zero-order valence-electron chi connectivity index (χ0n) is 8.66. The van der Waals surface area contributed by atoms with Crippen LogP contribution in [0.1, 0.15) is 0 Å². The molecule has 15 heavy (non-hydrogen) atoms. The second-order valence-corrected chi connectivity index (χ2v) is 3.37. The Balaban J connectivity index is 2.17. The van der Waals surface area contributed by atoms with Gasteiger partial charge in [0.1, 0.15) is 5.82 Å². The predicted octanol–water partition coefficient (Wildman–Crippen LogP) is 0.0595. The number of carbonyl (C=O) groups excluding carboxylic acids is 1. The molecule has 1 aromatic rings. The maximum absolute atomic E-state index is 11.6. The Morgan fingerprint density at radius 1 is 1.53 bits per heavy atom. The van der Waals surface area contributed by atoms with Crippen LogP contribution < -0.4 is 15.5 Å². The lowest BCUT2D eigenvalue weighted by molar-refractivity contribution is -0.118. The van der Waals surface area contributed by atoms with Gasteiger partial charge in [-0.05, 0) is 12.1 Å². The molecule has 0 atom stereocenters. The maximum Gasteiger partial charge on any atom is 0.241 e. The molecule has 0 bridgehead atoms. The Morgan fingerprint density at radius 3 is 3.00 bits per heavy atom. The number of piperazine rings is 1. The molecule has 1 amide bonds. The number of amides is 1. The van der Waals surface area contributed by atoms with Crippen molar-refractivity contribution in [1.82, 2.24) is 10.3 Å². The first kappa shape index (κ1) is 9.92. The number of anilines is 2. The number of nitrogens with zero attached hydrogens (tertiary/aromatic N) is 2. The van der Waals surface area contributed by atoms with Crippen molar-refractivity contribution in [2.45, 2.75) is 0 Å². The van der Waals surface area contributed by atoms with Crippen LogP contribution in [0.4, 0.5) is 11.5 Å². The fraction of sp³-hybridized carbons (Fsp3) is 0.400. The van der Waals surface area contributed by atoms with E-state index in [-0.39, 0.29) is 5.91 Å². The van der Waals surface area contributed by atoms with Gasteiger partial charge in [-0.15, -0.1) is 0 Å². The molecule has 0 aliphatic carbocycles. The molecule has 5 nitrogen and oxygen atoms in total. The summed E-state index contributed by atoms with van der Waals surface area (Å²) in [6.45, 7) is 1.95. The van der Waals surface area contributed by atoms with E-state index in [1.807, 2.05) is 19.2 Å². The van der Waals surface area contributed by atoms with E-state index in [1.54, 1.807) is 11.1 Å². The lowest BCUT2D eigenvalue weighted by atomic mass is 10.3. The third-order valence-corrected chi connectivity index (χ3v) is 2.41. The van der Waals surface area contributed by atoms with Gasteiger partial charge in [0.15, 0.2) is 0 Å². The molecule has 1 aliphatic rings. The van der Waals surface area contributed by atoms with Gasteiger partial charge in [0.2, 0.25) is 5.91 Å². The van der Waals surface area contributed by atoms with Gasteiger partial charge in [-0.1, -0.05) is 0 Å². The molecule has 1 aliphatic heterocycles. The number of pyridine rings is 1. The van der Waals surface area contributed by atoms with Gasteiger partial charge < -0.3 is 15.5 Å². The molecule has 80 valence electrons. The lowest BCUT2D eigenvalue weighted by Crippen LogP contribution is -2.48. The van der Waals surface area contributed by atoms with Crippen molar-refractivity contribution in [3.63, 3.8) is 0 Å². The number of rotatable bonds is 2. The van der Waals surface area contributed by atoms with E-state index in [9.17, 15) is 4.79 Å². The highest BCUT2D eigenvalue weighted by Gasteiger charge is 2.19. The van der Waals surface area contributed by atoms with Crippen molar-refractivity contribution in [1.29, 1.82) is 0 Å². The number of nitrogens with one attached hydrogen (secondary N) is 2. The molecule has 2 rings (SSSR count). The van der Waals surface area contributed by atoms with Crippen LogP contribution in [0.3, 0.4) is 0 Å². The highest BCUT2D eigenvalue weighted by atomic mass is 16.2. The summed E-state index contributed by atoms with van der Waals surface area (Å²) in [6.07, 6.45) is 1.72. The topological polar surface area (TPSA) is 57.3 Å². The second-order valence-electron chi connectivity index (χ2n) is 3.37. The first-order chi connectivity index (χ1) is 7.31. The van der Waals surface area contributed by atoms with Crippen LogP contribution in [0.15, 0.2) is 18.3 Å². The molecule has 0 aromatic carbocycles. The number of carbonyl (C=O) groups is 1. The minimum Gasteiger partial charge on any atom is -0.373 e. The molecular weight excluding hydrogens is 192 g/mol. The molecule has 2 heterocycles. The number of hydrogen-bond acceptors (Lipinski definition) is 4. The Morgan fingerprint density at radius 2 is 2.40 bits per heavy atom. The second kappa shape index (κ2) is 4.27. The summed E-state index contributed by atoms with van der Waals surface area (Å²) in [5.74, 6) is 0.904. The van der Waals surface area contributed by atoms with Crippen LogP contribution >= 0.6 is 0 Å². The van der Waals surface area contributed by atoms with Crippen LogP contribution in [-0.2, 0) is 4.79 Å². The van der Waals surface area contributed by atoms with Crippen LogP contribution in [0.2, 0.25) is 0 Å². The molecule has 0 unspecified atom stereocenters. The van der Waals surface area contributed by atoms with E-state index in [2.05, 4.69) is 15.6 Å². The molecular formula is C10H14N4O. The maximum atomic E-state index is 11.6. The average Bonchev–Trinajstić information content (AvgIpc) is 2.30. The Labute approximate surface area is 88.5 Å². The normalized spacial score (nSPS) is 16.6. The fourth-order valence-corrected chi connectivity index (χ4v) is 1.57. The average molecular weight is 206 g/mol. The minimum atomic E-state index is 0.0975.